The number of rotatable bonds is 7. The largest absolute Gasteiger partial charge is 0.511 e. The number of nitrogens with zero attached hydrogens (tertiary/aromatic N) is 3. The highest BCUT2D eigenvalue weighted by molar-refractivity contribution is 8.03. The number of thioether (sulfide) groups is 1. The Bertz CT molecular complexity index is 1350. The van der Waals surface area contributed by atoms with Crippen LogP contribution in [-0.2, 0) is 16.0 Å². The maximum atomic E-state index is 13.3. The molecule has 5 rings (SSSR count). The molecule has 36 heavy (non-hydrogen) atoms. The van der Waals surface area contributed by atoms with Crippen molar-refractivity contribution >= 4 is 35.1 Å². The molecule has 190 valence electrons. The summed E-state index contributed by atoms with van der Waals surface area (Å²) in [7, 11) is 1.59. The van der Waals surface area contributed by atoms with Crippen LogP contribution in [0.2, 0.25) is 5.02 Å². The quantitative estimate of drug-likeness (QED) is 0.320. The Hall–Kier alpha value is -2.78. The summed E-state index contributed by atoms with van der Waals surface area (Å²) in [4.78, 5) is 22.4. The van der Waals surface area contributed by atoms with Gasteiger partial charge in [0, 0.05) is 12.5 Å². The molecule has 3 aromatic rings. The average molecular weight is 530 g/mol. The van der Waals surface area contributed by atoms with Gasteiger partial charge in [-0.3, -0.25) is 0 Å². The number of hydrogen-bond donors (Lipinski definition) is 2. The minimum Gasteiger partial charge on any atom is -0.511 e. The lowest BCUT2D eigenvalue weighted by Crippen LogP contribution is -2.45. The molecule has 1 unspecified atom stereocenters. The lowest BCUT2D eigenvalue weighted by atomic mass is 9.77. The molecule has 8 nitrogen and oxygen atoms in total. The van der Waals surface area contributed by atoms with E-state index in [0.717, 1.165) is 54.4 Å². The molecular weight excluding hydrogens is 500 g/mol. The fourth-order valence-corrected chi connectivity index (χ4v) is 6.48. The Kier molecular flexibility index (Phi) is 6.87. The number of fused-ring (bicyclic) bond motifs is 1. The topological polar surface area (TPSA) is 101 Å². The van der Waals surface area contributed by atoms with E-state index in [-0.39, 0.29) is 16.6 Å². The van der Waals surface area contributed by atoms with Gasteiger partial charge < -0.3 is 14.6 Å². The van der Waals surface area contributed by atoms with Gasteiger partial charge in [-0.05, 0) is 79.9 Å². The standard InChI is InChI=1S/C26H29ClN4O4S/c1-15-12-16(2)31-24(28-15)29-25(30-31)36-22-20(32)14-26(35-23(22)33,18-6-4-5-7-18)11-10-17-8-9-21(34-3)19(27)13-17/h8-9,12-13,18H,4-7,10-11,14H2,1-3H3,(H,32,33)/p+1. The highest BCUT2D eigenvalue weighted by Gasteiger charge is 2.48. The molecule has 1 fully saturated rings. The van der Waals surface area contributed by atoms with Crippen molar-refractivity contribution < 1.29 is 23.9 Å². The van der Waals surface area contributed by atoms with Crippen LogP contribution >= 0.6 is 23.4 Å². The number of aromatic nitrogens is 4. The van der Waals surface area contributed by atoms with Gasteiger partial charge in [-0.1, -0.05) is 35.5 Å². The van der Waals surface area contributed by atoms with Gasteiger partial charge in [0.15, 0.2) is 0 Å². The number of aliphatic hydroxyl groups is 1. The van der Waals surface area contributed by atoms with Crippen LogP contribution in [0.1, 0.15) is 55.5 Å². The van der Waals surface area contributed by atoms with Crippen molar-refractivity contribution in [2.75, 3.05) is 7.11 Å². The number of aliphatic hydroxyl groups excluding tert-OH is 1. The molecule has 10 heteroatoms. The number of carbonyl (C=O) groups is 1. The zero-order chi connectivity index (χ0) is 25.4. The average Bonchev–Trinajstić information content (AvgIpc) is 3.51. The minimum absolute atomic E-state index is 0.0576. The van der Waals surface area contributed by atoms with Gasteiger partial charge in [0.05, 0.1) is 12.1 Å². The lowest BCUT2D eigenvalue weighted by Gasteiger charge is -2.41. The number of esters is 1. The first-order valence-electron chi connectivity index (χ1n) is 12.2. The van der Waals surface area contributed by atoms with E-state index in [1.807, 2.05) is 38.1 Å². The zero-order valence-electron chi connectivity index (χ0n) is 20.6. The molecule has 1 aromatic carbocycles. The van der Waals surface area contributed by atoms with Crippen LogP contribution < -0.4 is 9.25 Å². The highest BCUT2D eigenvalue weighted by atomic mass is 35.5. The van der Waals surface area contributed by atoms with Gasteiger partial charge in [-0.25, -0.2) is 9.89 Å². The second-order valence-electron chi connectivity index (χ2n) is 9.66. The Morgan fingerprint density at radius 2 is 2.06 bits per heavy atom. The molecule has 3 heterocycles. The van der Waals surface area contributed by atoms with Gasteiger partial charge in [-0.2, -0.15) is 0 Å². The van der Waals surface area contributed by atoms with Crippen molar-refractivity contribution in [1.82, 2.24) is 15.1 Å². The molecule has 0 spiro atoms. The molecule has 0 amide bonds. The van der Waals surface area contributed by atoms with E-state index >= 15 is 0 Å². The summed E-state index contributed by atoms with van der Waals surface area (Å²) >= 11 is 7.41. The zero-order valence-corrected chi connectivity index (χ0v) is 22.2. The Morgan fingerprint density at radius 3 is 2.75 bits per heavy atom. The first kappa shape index (κ1) is 24.9. The van der Waals surface area contributed by atoms with Crippen LogP contribution in [0, 0.1) is 19.8 Å². The van der Waals surface area contributed by atoms with Gasteiger partial charge >= 0.3 is 11.7 Å². The van der Waals surface area contributed by atoms with Crippen molar-refractivity contribution in [1.29, 1.82) is 0 Å². The number of H-pyrrole nitrogens is 1. The third-order valence-corrected chi connectivity index (χ3v) is 8.49. The number of benzene rings is 1. The summed E-state index contributed by atoms with van der Waals surface area (Å²) in [5.41, 5.74) is 2.09. The van der Waals surface area contributed by atoms with Crippen molar-refractivity contribution in [3.8, 4) is 5.75 Å². The molecule has 0 radical (unpaired) electrons. The monoisotopic (exact) mass is 529 g/mol. The maximum absolute atomic E-state index is 13.3. The van der Waals surface area contributed by atoms with Crippen molar-refractivity contribution in [2.45, 2.75) is 69.6 Å². The maximum Gasteiger partial charge on any atom is 0.458 e. The fraction of sp³-hybridized carbons (Fsp3) is 0.462. The molecule has 1 aliphatic heterocycles. The van der Waals surface area contributed by atoms with Crippen LogP contribution in [0.3, 0.4) is 0 Å². The molecule has 1 atom stereocenters. The fourth-order valence-electron chi connectivity index (χ4n) is 5.43. The first-order valence-corrected chi connectivity index (χ1v) is 13.4. The smallest absolute Gasteiger partial charge is 0.458 e. The van der Waals surface area contributed by atoms with Crippen LogP contribution in [-0.4, -0.2) is 38.9 Å². The number of ether oxygens (including phenoxy) is 2. The molecular formula is C26H30ClN4O4S+. The number of cyclic esters (lactones) is 1. The van der Waals surface area contributed by atoms with E-state index < -0.39 is 11.6 Å². The summed E-state index contributed by atoms with van der Waals surface area (Å²) in [5.74, 6) is 0.900. The van der Waals surface area contributed by atoms with Crippen molar-refractivity contribution in [3.05, 3.63) is 56.9 Å². The summed E-state index contributed by atoms with van der Waals surface area (Å²) in [6, 6.07) is 7.66. The minimum atomic E-state index is -0.744. The van der Waals surface area contributed by atoms with E-state index in [9.17, 15) is 9.90 Å². The number of halogens is 1. The highest BCUT2D eigenvalue weighted by Crippen LogP contribution is 2.47. The van der Waals surface area contributed by atoms with Gasteiger partial charge in [-0.15, -0.1) is 4.52 Å². The lowest BCUT2D eigenvalue weighted by molar-refractivity contribution is -0.589. The van der Waals surface area contributed by atoms with E-state index in [4.69, 9.17) is 21.1 Å². The molecule has 1 aliphatic carbocycles. The number of aromatic amines is 1. The SMILES string of the molecule is COc1ccc(CCC2(C3CCCC3)CC(O)=C(Sc3nc4nc(C)cc(C)[n+]4[nH]3)C(=O)O2)cc1Cl. The van der Waals surface area contributed by atoms with E-state index in [2.05, 4.69) is 15.1 Å². The van der Waals surface area contributed by atoms with Gasteiger partial charge in [0.25, 0.3) is 5.16 Å². The van der Waals surface area contributed by atoms with Crippen LogP contribution in [0.5, 0.6) is 5.75 Å². The van der Waals surface area contributed by atoms with Crippen LogP contribution in [0.25, 0.3) is 5.78 Å². The van der Waals surface area contributed by atoms with E-state index in [1.165, 1.54) is 0 Å². The number of nitrogens with one attached hydrogen (secondary N) is 1. The molecule has 2 aliphatic rings. The van der Waals surface area contributed by atoms with Crippen molar-refractivity contribution in [3.63, 3.8) is 0 Å². The predicted molar refractivity (Wildman–Crippen MR) is 136 cm³/mol. The third kappa shape index (κ3) is 4.78. The van der Waals surface area contributed by atoms with Crippen LogP contribution in [0.15, 0.2) is 40.1 Å². The summed E-state index contributed by atoms with van der Waals surface area (Å²) in [6.45, 7) is 3.86. The summed E-state index contributed by atoms with van der Waals surface area (Å²) in [6.07, 6.45) is 5.75. The van der Waals surface area contributed by atoms with Crippen molar-refractivity contribution in [2.24, 2.45) is 5.92 Å². The second-order valence-corrected chi connectivity index (χ2v) is 11.1. The normalized spacial score (nSPS) is 20.8. The number of aryl methyl sites for hydroxylation is 3. The number of hydrogen-bond acceptors (Lipinski definition) is 7. The van der Waals surface area contributed by atoms with E-state index in [1.54, 1.807) is 11.6 Å². The predicted octanol–water partition coefficient (Wildman–Crippen LogP) is 5.19. The molecule has 1 saturated carbocycles. The number of methoxy groups -OCH3 is 1. The van der Waals surface area contributed by atoms with E-state index in [0.29, 0.717) is 41.0 Å². The van der Waals surface area contributed by atoms with Gasteiger partial charge in [0.1, 0.15) is 33.4 Å². The Morgan fingerprint density at radius 1 is 1.28 bits per heavy atom. The first-order chi connectivity index (χ1) is 17.3. The van der Waals surface area contributed by atoms with Gasteiger partial charge in [0.2, 0.25) is 0 Å². The summed E-state index contributed by atoms with van der Waals surface area (Å²) < 4.78 is 13.2. The molecule has 2 aromatic heterocycles. The molecule has 0 saturated heterocycles. The van der Waals surface area contributed by atoms with Crippen LogP contribution in [0.4, 0.5) is 0 Å². The number of carbonyl (C=O) groups excluding carboxylic acids is 1. The molecule has 0 bridgehead atoms. The second kappa shape index (κ2) is 9.94. The molecule has 2 N–H and O–H groups in total. The Balaban J connectivity index is 1.40. The Labute approximate surface area is 219 Å². The summed E-state index contributed by atoms with van der Waals surface area (Å²) in [5, 5.41) is 15.3. The third-order valence-electron chi connectivity index (χ3n) is 7.22.